The molecule has 0 bridgehead atoms. The first-order chi connectivity index (χ1) is 14.9. The molecule has 3 heterocycles. The number of ether oxygens (including phenoxy) is 1. The van der Waals surface area contributed by atoms with Crippen LogP contribution in [0.2, 0.25) is 0 Å². The molecule has 0 aliphatic heterocycles. The molecule has 1 aromatic carbocycles. The third-order valence-corrected chi connectivity index (χ3v) is 6.30. The molecule has 3 aromatic heterocycles. The molecule has 7 nitrogen and oxygen atoms in total. The third kappa shape index (κ3) is 3.99. The van der Waals surface area contributed by atoms with Crippen molar-refractivity contribution in [1.82, 2.24) is 9.78 Å². The lowest BCUT2D eigenvalue weighted by molar-refractivity contribution is 0.0520. The number of esters is 1. The van der Waals surface area contributed by atoms with Crippen molar-refractivity contribution in [2.45, 2.75) is 13.8 Å². The van der Waals surface area contributed by atoms with Gasteiger partial charge in [-0.15, -0.1) is 22.7 Å². The third-order valence-electron chi connectivity index (χ3n) is 4.36. The molecular weight excluding hydrogens is 441 g/mol. The highest BCUT2D eigenvalue weighted by molar-refractivity contribution is 7.16. The van der Waals surface area contributed by atoms with Crippen molar-refractivity contribution in [1.29, 1.82) is 0 Å². The van der Waals surface area contributed by atoms with Crippen molar-refractivity contribution in [2.24, 2.45) is 0 Å². The molecule has 0 radical (unpaired) electrons. The van der Waals surface area contributed by atoms with E-state index < -0.39 is 17.3 Å². The van der Waals surface area contributed by atoms with Gasteiger partial charge >= 0.3 is 5.97 Å². The van der Waals surface area contributed by atoms with Crippen LogP contribution in [-0.4, -0.2) is 28.3 Å². The predicted octanol–water partition coefficient (Wildman–Crippen LogP) is 4.39. The molecule has 0 fully saturated rings. The lowest BCUT2D eigenvalue weighted by Gasteiger charge is -2.10. The first kappa shape index (κ1) is 20.9. The van der Waals surface area contributed by atoms with Crippen LogP contribution in [0.3, 0.4) is 0 Å². The van der Waals surface area contributed by atoms with E-state index in [1.54, 1.807) is 18.4 Å². The van der Waals surface area contributed by atoms with Gasteiger partial charge in [0.15, 0.2) is 5.69 Å². The number of hydrogen-bond donors (Lipinski definition) is 1. The molecule has 0 unspecified atom stereocenters. The Bertz CT molecular complexity index is 1370. The number of nitrogens with one attached hydrogen (secondary N) is 1. The molecule has 0 spiro atoms. The fraction of sp³-hybridized carbons (Fsp3) is 0.143. The summed E-state index contributed by atoms with van der Waals surface area (Å²) in [6, 6.07) is 7.04. The van der Waals surface area contributed by atoms with E-state index in [4.69, 9.17) is 4.74 Å². The fourth-order valence-corrected chi connectivity index (χ4v) is 4.71. The second-order valence-corrected chi connectivity index (χ2v) is 8.35. The van der Waals surface area contributed by atoms with E-state index in [1.807, 2.05) is 12.3 Å². The van der Waals surface area contributed by atoms with Crippen molar-refractivity contribution < 1.29 is 18.7 Å². The van der Waals surface area contributed by atoms with Crippen LogP contribution >= 0.6 is 22.7 Å². The highest BCUT2D eigenvalue weighted by Gasteiger charge is 2.23. The number of thiophene rings is 2. The molecule has 0 saturated carbocycles. The van der Waals surface area contributed by atoms with Crippen molar-refractivity contribution in [3.63, 3.8) is 0 Å². The second kappa shape index (κ2) is 8.40. The van der Waals surface area contributed by atoms with Gasteiger partial charge < -0.3 is 10.1 Å². The maximum atomic E-state index is 13.8. The minimum absolute atomic E-state index is 0.0931. The Hall–Kier alpha value is -3.37. The van der Waals surface area contributed by atoms with Gasteiger partial charge in [-0.05, 0) is 49.1 Å². The summed E-state index contributed by atoms with van der Waals surface area (Å²) < 4.78 is 19.8. The van der Waals surface area contributed by atoms with Gasteiger partial charge in [-0.1, -0.05) is 6.07 Å². The summed E-state index contributed by atoms with van der Waals surface area (Å²) in [6.45, 7) is 3.65. The standard InChI is InChI=1S/C21H16FN3O4S2/c1-3-29-21(28)17-14-10-31-19(23-18(26)15-7-11(2)9-30-15)16(14)20(27)25(24-17)13-6-4-5-12(22)8-13/h4-10H,3H2,1-2H3,(H,23,26). The number of halogens is 1. The second-order valence-electron chi connectivity index (χ2n) is 6.56. The van der Waals surface area contributed by atoms with Crippen LogP contribution in [0.15, 0.2) is 45.9 Å². The van der Waals surface area contributed by atoms with Gasteiger partial charge in [-0.25, -0.2) is 9.18 Å². The highest BCUT2D eigenvalue weighted by Crippen LogP contribution is 2.31. The number of fused-ring (bicyclic) bond motifs is 1. The maximum Gasteiger partial charge on any atom is 0.359 e. The number of hydrogen-bond acceptors (Lipinski definition) is 7. The molecule has 0 saturated heterocycles. The zero-order valence-electron chi connectivity index (χ0n) is 16.5. The lowest BCUT2D eigenvalue weighted by Crippen LogP contribution is -2.25. The number of aryl methyl sites for hydroxylation is 1. The fourth-order valence-electron chi connectivity index (χ4n) is 2.99. The first-order valence-electron chi connectivity index (χ1n) is 9.23. The topological polar surface area (TPSA) is 90.3 Å². The lowest BCUT2D eigenvalue weighted by atomic mass is 10.2. The minimum Gasteiger partial charge on any atom is -0.461 e. The number of amides is 1. The largest absolute Gasteiger partial charge is 0.461 e. The smallest absolute Gasteiger partial charge is 0.359 e. The molecule has 0 atom stereocenters. The van der Waals surface area contributed by atoms with Crippen molar-refractivity contribution in [3.8, 4) is 5.69 Å². The number of benzene rings is 1. The molecule has 4 rings (SSSR count). The van der Waals surface area contributed by atoms with Crippen LogP contribution < -0.4 is 10.9 Å². The number of anilines is 1. The number of carbonyl (C=O) groups is 2. The Morgan fingerprint density at radius 1 is 1.23 bits per heavy atom. The Kier molecular flexibility index (Phi) is 5.66. The maximum absolute atomic E-state index is 13.8. The van der Waals surface area contributed by atoms with Crippen LogP contribution in [-0.2, 0) is 4.74 Å². The van der Waals surface area contributed by atoms with E-state index in [0.29, 0.717) is 4.88 Å². The highest BCUT2D eigenvalue weighted by atomic mass is 32.1. The van der Waals surface area contributed by atoms with E-state index in [-0.39, 0.29) is 39.7 Å². The predicted molar refractivity (Wildman–Crippen MR) is 118 cm³/mol. The molecule has 4 aromatic rings. The normalized spacial score (nSPS) is 10.9. The zero-order chi connectivity index (χ0) is 22.1. The van der Waals surface area contributed by atoms with Crippen LogP contribution in [0.4, 0.5) is 9.39 Å². The molecule has 158 valence electrons. The summed E-state index contributed by atoms with van der Waals surface area (Å²) >= 11 is 2.39. The van der Waals surface area contributed by atoms with E-state index in [1.165, 1.54) is 29.5 Å². The molecule has 31 heavy (non-hydrogen) atoms. The summed E-state index contributed by atoms with van der Waals surface area (Å²) in [5.74, 6) is -1.65. The number of rotatable bonds is 5. The zero-order valence-corrected chi connectivity index (χ0v) is 18.1. The van der Waals surface area contributed by atoms with Gasteiger partial charge in [0, 0.05) is 10.8 Å². The summed E-state index contributed by atoms with van der Waals surface area (Å²) in [5.41, 5.74) is 0.417. The van der Waals surface area contributed by atoms with Gasteiger partial charge in [0.25, 0.3) is 11.5 Å². The Morgan fingerprint density at radius 3 is 2.71 bits per heavy atom. The summed E-state index contributed by atoms with van der Waals surface area (Å²) in [5, 5.41) is 10.9. The average Bonchev–Trinajstić information content (AvgIpc) is 3.35. The molecule has 1 N–H and O–H groups in total. The summed E-state index contributed by atoms with van der Waals surface area (Å²) in [7, 11) is 0. The first-order valence-corrected chi connectivity index (χ1v) is 11.0. The molecule has 10 heteroatoms. The molecule has 0 aliphatic rings. The number of nitrogens with zero attached hydrogens (tertiary/aromatic N) is 2. The van der Waals surface area contributed by atoms with Crippen molar-refractivity contribution >= 4 is 50.3 Å². The molecular formula is C21H16FN3O4S2. The molecule has 1 amide bonds. The van der Waals surface area contributed by atoms with Crippen molar-refractivity contribution in [3.05, 3.63) is 73.4 Å². The average molecular weight is 458 g/mol. The number of carbonyl (C=O) groups excluding carboxylic acids is 2. The number of aromatic nitrogens is 2. The summed E-state index contributed by atoms with van der Waals surface area (Å²) in [6.07, 6.45) is 0. The molecule has 0 aliphatic carbocycles. The van der Waals surface area contributed by atoms with E-state index in [9.17, 15) is 18.8 Å². The Morgan fingerprint density at radius 2 is 2.03 bits per heavy atom. The van der Waals surface area contributed by atoms with E-state index in [0.717, 1.165) is 27.6 Å². The van der Waals surface area contributed by atoms with Gasteiger partial charge in [-0.2, -0.15) is 9.78 Å². The van der Waals surface area contributed by atoms with E-state index in [2.05, 4.69) is 10.4 Å². The van der Waals surface area contributed by atoms with Crippen molar-refractivity contribution in [2.75, 3.05) is 11.9 Å². The van der Waals surface area contributed by atoms with Crippen LogP contribution in [0.5, 0.6) is 0 Å². The SMILES string of the molecule is CCOC(=O)c1nn(-c2cccc(F)c2)c(=O)c2c(NC(=O)c3cc(C)cs3)scc12. The van der Waals surface area contributed by atoms with Gasteiger partial charge in [0.05, 0.1) is 22.6 Å². The monoisotopic (exact) mass is 457 g/mol. The Labute approximate surface area is 183 Å². The van der Waals surface area contributed by atoms with Crippen LogP contribution in [0, 0.1) is 12.7 Å². The van der Waals surface area contributed by atoms with Gasteiger partial charge in [0.1, 0.15) is 10.8 Å². The minimum atomic E-state index is -0.720. The van der Waals surface area contributed by atoms with Crippen LogP contribution in [0.25, 0.3) is 16.5 Å². The van der Waals surface area contributed by atoms with Gasteiger partial charge in [-0.3, -0.25) is 9.59 Å². The van der Waals surface area contributed by atoms with E-state index >= 15 is 0 Å². The Balaban J connectivity index is 1.90. The quantitative estimate of drug-likeness (QED) is 0.449. The summed E-state index contributed by atoms with van der Waals surface area (Å²) in [4.78, 5) is 38.9. The van der Waals surface area contributed by atoms with Gasteiger partial charge in [0.2, 0.25) is 0 Å². The van der Waals surface area contributed by atoms with Crippen LogP contribution in [0.1, 0.15) is 32.6 Å².